The molecule has 3 rings (SSSR count). The van der Waals surface area contributed by atoms with E-state index >= 15 is 0 Å². The average molecular weight is 370 g/mol. The number of ether oxygens (including phenoxy) is 1. The summed E-state index contributed by atoms with van der Waals surface area (Å²) in [5.74, 6) is -0.218. The first-order valence-corrected chi connectivity index (χ1v) is 8.08. The van der Waals surface area contributed by atoms with Crippen molar-refractivity contribution in [3.63, 3.8) is 0 Å². The summed E-state index contributed by atoms with van der Waals surface area (Å²) in [6.07, 6.45) is 1.52. The van der Waals surface area contributed by atoms with Crippen LogP contribution in [0.5, 0.6) is 11.5 Å². The smallest absolute Gasteiger partial charge is 0.341 e. The lowest BCUT2D eigenvalue weighted by molar-refractivity contribution is 0.0693. The number of carboxylic acids is 1. The molecule has 3 aromatic rings. The van der Waals surface area contributed by atoms with Gasteiger partial charge in [-0.3, -0.25) is 4.79 Å². The fourth-order valence-electron chi connectivity index (χ4n) is 2.73. The van der Waals surface area contributed by atoms with Crippen molar-refractivity contribution >= 4 is 5.97 Å². The lowest BCUT2D eigenvalue weighted by Crippen LogP contribution is -2.27. The van der Waals surface area contributed by atoms with E-state index in [9.17, 15) is 19.8 Å². The molecule has 2 aromatic heterocycles. The van der Waals surface area contributed by atoms with Crippen molar-refractivity contribution in [2.75, 3.05) is 7.11 Å². The Labute approximate surface area is 154 Å². The van der Waals surface area contributed by atoms with Crippen LogP contribution in [0.15, 0.2) is 39.7 Å². The number of carbonyl (C=O) groups is 1. The van der Waals surface area contributed by atoms with Crippen LogP contribution in [0, 0.1) is 13.8 Å². The van der Waals surface area contributed by atoms with Crippen LogP contribution < -0.4 is 10.3 Å². The number of carboxylic acid groups (broad SMARTS) is 1. The molecule has 0 bridgehead atoms. The number of rotatable bonds is 5. The summed E-state index contributed by atoms with van der Waals surface area (Å²) in [4.78, 5) is 28.1. The largest absolute Gasteiger partial charge is 0.504 e. The molecule has 8 nitrogen and oxygen atoms in total. The lowest BCUT2D eigenvalue weighted by Gasteiger charge is -2.07. The zero-order valence-electron chi connectivity index (χ0n) is 15.0. The summed E-state index contributed by atoms with van der Waals surface area (Å²) >= 11 is 0. The van der Waals surface area contributed by atoms with Crippen LogP contribution in [0.25, 0.3) is 11.5 Å². The molecule has 0 amide bonds. The Morgan fingerprint density at radius 2 is 2.04 bits per heavy atom. The van der Waals surface area contributed by atoms with E-state index in [4.69, 9.17) is 9.15 Å². The second kappa shape index (κ2) is 6.99. The summed E-state index contributed by atoms with van der Waals surface area (Å²) in [6, 6.07) is 6.32. The molecule has 0 fully saturated rings. The van der Waals surface area contributed by atoms with Crippen molar-refractivity contribution in [2.45, 2.75) is 20.4 Å². The third-order valence-electron chi connectivity index (χ3n) is 4.23. The number of pyridine rings is 1. The third kappa shape index (κ3) is 3.41. The maximum absolute atomic E-state index is 12.4. The molecule has 2 heterocycles. The SMILES string of the molecule is COc1ccc(-c2nc(Cn3ccc(C)c(C(=O)O)c3=O)c(C)o2)cc1O. The molecule has 0 spiro atoms. The van der Waals surface area contributed by atoms with Gasteiger partial charge in [-0.15, -0.1) is 0 Å². The topological polar surface area (TPSA) is 115 Å². The molecular weight excluding hydrogens is 352 g/mol. The van der Waals surface area contributed by atoms with Gasteiger partial charge in [0.2, 0.25) is 5.89 Å². The molecule has 140 valence electrons. The molecule has 1 aromatic carbocycles. The summed E-state index contributed by atoms with van der Waals surface area (Å²) in [6.45, 7) is 3.34. The minimum atomic E-state index is -1.27. The quantitative estimate of drug-likeness (QED) is 0.709. The Bertz CT molecular complexity index is 1080. The van der Waals surface area contributed by atoms with Crippen LogP contribution in [0.3, 0.4) is 0 Å². The number of aromatic nitrogens is 2. The molecule has 0 aliphatic carbocycles. The van der Waals surface area contributed by atoms with Gasteiger partial charge in [0.05, 0.1) is 13.7 Å². The predicted molar refractivity (Wildman–Crippen MR) is 96.4 cm³/mol. The van der Waals surface area contributed by atoms with Crippen molar-refractivity contribution in [1.29, 1.82) is 0 Å². The number of aromatic carboxylic acids is 1. The predicted octanol–water partition coefficient (Wildman–Crippen LogP) is 2.58. The van der Waals surface area contributed by atoms with E-state index in [0.29, 0.717) is 28.3 Å². The highest BCUT2D eigenvalue weighted by molar-refractivity contribution is 5.88. The third-order valence-corrected chi connectivity index (χ3v) is 4.23. The number of benzene rings is 1. The van der Waals surface area contributed by atoms with Crippen molar-refractivity contribution in [1.82, 2.24) is 9.55 Å². The number of methoxy groups -OCH3 is 1. The summed E-state index contributed by atoms with van der Waals surface area (Å²) in [7, 11) is 1.45. The van der Waals surface area contributed by atoms with Crippen LogP contribution >= 0.6 is 0 Å². The molecule has 0 atom stereocenters. The van der Waals surface area contributed by atoms with Gasteiger partial charge in [0, 0.05) is 11.8 Å². The maximum Gasteiger partial charge on any atom is 0.341 e. The molecular formula is C19H18N2O6. The van der Waals surface area contributed by atoms with Crippen LogP contribution in [-0.2, 0) is 6.54 Å². The van der Waals surface area contributed by atoms with Crippen molar-refractivity contribution in [3.8, 4) is 23.0 Å². The first-order valence-electron chi connectivity index (χ1n) is 8.08. The first kappa shape index (κ1) is 18.2. The summed E-state index contributed by atoms with van der Waals surface area (Å²) in [5, 5.41) is 19.1. The molecule has 0 unspecified atom stereocenters. The number of oxazole rings is 1. The fourth-order valence-corrected chi connectivity index (χ4v) is 2.73. The number of hydrogen-bond acceptors (Lipinski definition) is 6. The molecule has 0 saturated carbocycles. The zero-order valence-corrected chi connectivity index (χ0v) is 15.0. The van der Waals surface area contributed by atoms with Gasteiger partial charge in [0.1, 0.15) is 17.0 Å². The van der Waals surface area contributed by atoms with E-state index in [1.54, 1.807) is 32.0 Å². The van der Waals surface area contributed by atoms with Crippen LogP contribution in [0.2, 0.25) is 0 Å². The number of phenols is 1. The van der Waals surface area contributed by atoms with Gasteiger partial charge >= 0.3 is 5.97 Å². The molecule has 0 saturated heterocycles. The van der Waals surface area contributed by atoms with E-state index in [0.717, 1.165) is 0 Å². The van der Waals surface area contributed by atoms with Crippen molar-refractivity contribution < 1.29 is 24.2 Å². The number of aryl methyl sites for hydroxylation is 2. The lowest BCUT2D eigenvalue weighted by atomic mass is 10.1. The second-order valence-electron chi connectivity index (χ2n) is 6.02. The highest BCUT2D eigenvalue weighted by Gasteiger charge is 2.18. The number of nitrogens with zero attached hydrogens (tertiary/aromatic N) is 2. The van der Waals surface area contributed by atoms with E-state index in [1.807, 2.05) is 0 Å². The highest BCUT2D eigenvalue weighted by atomic mass is 16.5. The molecule has 27 heavy (non-hydrogen) atoms. The summed E-state index contributed by atoms with van der Waals surface area (Å²) < 4.78 is 11.9. The van der Waals surface area contributed by atoms with Crippen LogP contribution in [0.4, 0.5) is 0 Å². The Balaban J connectivity index is 1.97. The Morgan fingerprint density at radius 1 is 1.30 bits per heavy atom. The Hall–Kier alpha value is -3.55. The summed E-state index contributed by atoms with van der Waals surface area (Å²) in [5.41, 5.74) is 0.565. The normalized spacial score (nSPS) is 10.8. The maximum atomic E-state index is 12.4. The molecule has 8 heteroatoms. The van der Waals surface area contributed by atoms with E-state index < -0.39 is 11.5 Å². The Kier molecular flexibility index (Phi) is 4.72. The molecule has 2 N–H and O–H groups in total. The standard InChI is InChI=1S/C19H18N2O6/c1-10-6-7-21(18(23)16(10)19(24)25)9-13-11(2)27-17(20-13)12-4-5-15(26-3)14(22)8-12/h4-8,22H,9H2,1-3H3,(H,24,25). The van der Waals surface area contributed by atoms with Gasteiger partial charge in [-0.25, -0.2) is 9.78 Å². The van der Waals surface area contributed by atoms with Crippen LogP contribution in [0.1, 0.15) is 27.4 Å². The Morgan fingerprint density at radius 3 is 2.67 bits per heavy atom. The van der Waals surface area contributed by atoms with Crippen molar-refractivity contribution in [3.05, 3.63) is 63.4 Å². The van der Waals surface area contributed by atoms with Gasteiger partial charge in [-0.1, -0.05) is 0 Å². The average Bonchev–Trinajstić information content (AvgIpc) is 2.98. The van der Waals surface area contributed by atoms with Gasteiger partial charge in [0.15, 0.2) is 11.5 Å². The first-order chi connectivity index (χ1) is 12.8. The highest BCUT2D eigenvalue weighted by Crippen LogP contribution is 2.31. The number of phenolic OH excluding ortho intramolecular Hbond substituents is 1. The van der Waals surface area contributed by atoms with E-state index in [-0.39, 0.29) is 23.7 Å². The van der Waals surface area contributed by atoms with Gasteiger partial charge < -0.3 is 23.9 Å². The van der Waals surface area contributed by atoms with E-state index in [1.165, 1.54) is 23.9 Å². The minimum Gasteiger partial charge on any atom is -0.504 e. The van der Waals surface area contributed by atoms with Gasteiger partial charge in [0.25, 0.3) is 5.56 Å². The van der Waals surface area contributed by atoms with E-state index in [2.05, 4.69) is 4.98 Å². The monoisotopic (exact) mass is 370 g/mol. The van der Waals surface area contributed by atoms with Crippen LogP contribution in [-0.4, -0.2) is 32.8 Å². The second-order valence-corrected chi connectivity index (χ2v) is 6.02. The van der Waals surface area contributed by atoms with Gasteiger partial charge in [-0.05, 0) is 43.7 Å². The number of hydrogen-bond donors (Lipinski definition) is 2. The molecule has 0 aliphatic heterocycles. The fraction of sp³-hybridized carbons (Fsp3) is 0.211. The molecule has 0 radical (unpaired) electrons. The minimum absolute atomic E-state index is 0.0479. The zero-order chi connectivity index (χ0) is 19.7. The van der Waals surface area contributed by atoms with Crippen molar-refractivity contribution in [2.24, 2.45) is 0 Å². The molecule has 0 aliphatic rings. The number of aromatic hydroxyl groups is 1. The van der Waals surface area contributed by atoms with Gasteiger partial charge in [-0.2, -0.15) is 0 Å².